The van der Waals surface area contributed by atoms with Crippen molar-refractivity contribution in [2.75, 3.05) is 26.8 Å². The minimum Gasteiger partial charge on any atom is -0.497 e. The molecule has 0 aliphatic carbocycles. The number of carbonyl (C=O) groups excluding carboxylic acids is 1. The Morgan fingerprint density at radius 2 is 2.04 bits per heavy atom. The SMILES string of the molecule is COc1cccc(OC[C@@H]2CCCN(C(=O)c3cccc(C#N)c3)C2)c1. The molecule has 0 radical (unpaired) electrons. The predicted octanol–water partition coefficient (Wildman–Crippen LogP) is 3.50. The zero-order chi connectivity index (χ0) is 18.4. The summed E-state index contributed by atoms with van der Waals surface area (Å²) in [7, 11) is 1.63. The van der Waals surface area contributed by atoms with E-state index in [0.29, 0.717) is 24.3 Å². The second kappa shape index (κ2) is 8.39. The highest BCUT2D eigenvalue weighted by Crippen LogP contribution is 2.23. The van der Waals surface area contributed by atoms with Gasteiger partial charge in [0.25, 0.3) is 5.91 Å². The second-order valence-corrected chi connectivity index (χ2v) is 6.44. The van der Waals surface area contributed by atoms with Gasteiger partial charge < -0.3 is 14.4 Å². The van der Waals surface area contributed by atoms with Crippen LogP contribution in [0, 0.1) is 17.2 Å². The van der Waals surface area contributed by atoms with E-state index in [1.54, 1.807) is 31.4 Å². The van der Waals surface area contributed by atoms with Crippen molar-refractivity contribution in [1.82, 2.24) is 4.90 Å². The van der Waals surface area contributed by atoms with Gasteiger partial charge in [-0.3, -0.25) is 4.79 Å². The summed E-state index contributed by atoms with van der Waals surface area (Å²) in [6.07, 6.45) is 1.99. The van der Waals surface area contributed by atoms with Crippen LogP contribution in [0.3, 0.4) is 0 Å². The van der Waals surface area contributed by atoms with E-state index in [2.05, 4.69) is 6.07 Å². The molecular formula is C21H22N2O3. The molecule has 1 fully saturated rings. The largest absolute Gasteiger partial charge is 0.497 e. The molecule has 5 heteroatoms. The van der Waals surface area contributed by atoms with E-state index in [9.17, 15) is 4.79 Å². The van der Waals surface area contributed by atoms with Crippen molar-refractivity contribution in [3.63, 3.8) is 0 Å². The van der Waals surface area contributed by atoms with E-state index in [1.807, 2.05) is 29.2 Å². The summed E-state index contributed by atoms with van der Waals surface area (Å²) in [5, 5.41) is 9.01. The van der Waals surface area contributed by atoms with Gasteiger partial charge in [-0.2, -0.15) is 5.26 Å². The number of likely N-dealkylation sites (tertiary alicyclic amines) is 1. The molecule has 26 heavy (non-hydrogen) atoms. The summed E-state index contributed by atoms with van der Waals surface area (Å²) >= 11 is 0. The number of carbonyl (C=O) groups is 1. The average Bonchev–Trinajstić information content (AvgIpc) is 2.72. The fourth-order valence-electron chi connectivity index (χ4n) is 3.19. The lowest BCUT2D eigenvalue weighted by atomic mass is 9.98. The smallest absolute Gasteiger partial charge is 0.253 e. The lowest BCUT2D eigenvalue weighted by Crippen LogP contribution is -2.41. The summed E-state index contributed by atoms with van der Waals surface area (Å²) in [6.45, 7) is 1.97. The number of ether oxygens (including phenoxy) is 2. The Balaban J connectivity index is 1.60. The quantitative estimate of drug-likeness (QED) is 0.828. The molecule has 0 bridgehead atoms. The third-order valence-corrected chi connectivity index (χ3v) is 4.57. The molecule has 0 spiro atoms. The number of benzene rings is 2. The zero-order valence-electron chi connectivity index (χ0n) is 14.9. The fourth-order valence-corrected chi connectivity index (χ4v) is 3.19. The number of rotatable bonds is 5. The van der Waals surface area contributed by atoms with Gasteiger partial charge in [-0.05, 0) is 43.2 Å². The number of hydrogen-bond acceptors (Lipinski definition) is 4. The van der Waals surface area contributed by atoms with Crippen molar-refractivity contribution in [2.45, 2.75) is 12.8 Å². The average molecular weight is 350 g/mol. The molecule has 0 saturated carbocycles. The fraction of sp³-hybridized carbons (Fsp3) is 0.333. The molecule has 2 aromatic carbocycles. The minimum absolute atomic E-state index is 0.0202. The summed E-state index contributed by atoms with van der Waals surface area (Å²) in [4.78, 5) is 14.6. The van der Waals surface area contributed by atoms with Gasteiger partial charge in [-0.15, -0.1) is 0 Å². The molecule has 1 aliphatic heterocycles. The van der Waals surface area contributed by atoms with Crippen LogP contribution in [0.2, 0.25) is 0 Å². The van der Waals surface area contributed by atoms with Crippen molar-refractivity contribution in [3.8, 4) is 17.6 Å². The number of nitriles is 1. The van der Waals surface area contributed by atoms with Crippen LogP contribution in [0.15, 0.2) is 48.5 Å². The van der Waals surface area contributed by atoms with E-state index in [1.165, 1.54) is 0 Å². The van der Waals surface area contributed by atoms with Crippen LogP contribution >= 0.6 is 0 Å². The molecular weight excluding hydrogens is 328 g/mol. The topological polar surface area (TPSA) is 62.6 Å². The lowest BCUT2D eigenvalue weighted by Gasteiger charge is -2.32. The normalized spacial score (nSPS) is 16.6. The molecule has 1 atom stereocenters. The van der Waals surface area contributed by atoms with Crippen LogP contribution < -0.4 is 9.47 Å². The number of methoxy groups -OCH3 is 1. The van der Waals surface area contributed by atoms with E-state index >= 15 is 0 Å². The second-order valence-electron chi connectivity index (χ2n) is 6.44. The van der Waals surface area contributed by atoms with Gasteiger partial charge in [0.2, 0.25) is 0 Å². The Hall–Kier alpha value is -3.00. The molecule has 1 saturated heterocycles. The van der Waals surface area contributed by atoms with Gasteiger partial charge in [0.15, 0.2) is 0 Å². The van der Waals surface area contributed by atoms with Crippen LogP contribution in [0.5, 0.6) is 11.5 Å². The van der Waals surface area contributed by atoms with Gasteiger partial charge in [0.05, 0.1) is 25.3 Å². The molecule has 1 amide bonds. The Morgan fingerprint density at radius 1 is 1.23 bits per heavy atom. The van der Waals surface area contributed by atoms with Crippen LogP contribution in [0.1, 0.15) is 28.8 Å². The summed E-state index contributed by atoms with van der Waals surface area (Å²) in [6, 6.07) is 16.5. The minimum atomic E-state index is -0.0202. The number of piperidine rings is 1. The molecule has 0 N–H and O–H groups in total. The van der Waals surface area contributed by atoms with Crippen LogP contribution in [0.4, 0.5) is 0 Å². The number of hydrogen-bond donors (Lipinski definition) is 0. The van der Waals surface area contributed by atoms with Gasteiger partial charge in [-0.1, -0.05) is 12.1 Å². The predicted molar refractivity (Wildman–Crippen MR) is 98.3 cm³/mol. The zero-order valence-corrected chi connectivity index (χ0v) is 14.9. The molecule has 1 aliphatic rings. The highest BCUT2D eigenvalue weighted by molar-refractivity contribution is 5.94. The summed E-state index contributed by atoms with van der Waals surface area (Å²) in [5.74, 6) is 1.81. The van der Waals surface area contributed by atoms with Crippen LogP contribution in [-0.2, 0) is 0 Å². The maximum absolute atomic E-state index is 12.7. The van der Waals surface area contributed by atoms with Crippen LogP contribution in [0.25, 0.3) is 0 Å². The highest BCUT2D eigenvalue weighted by Gasteiger charge is 2.25. The Kier molecular flexibility index (Phi) is 5.75. The number of nitrogens with zero attached hydrogens (tertiary/aromatic N) is 2. The maximum atomic E-state index is 12.7. The van der Waals surface area contributed by atoms with E-state index in [-0.39, 0.29) is 11.8 Å². The maximum Gasteiger partial charge on any atom is 0.253 e. The van der Waals surface area contributed by atoms with Crippen molar-refractivity contribution in [2.24, 2.45) is 5.92 Å². The molecule has 3 rings (SSSR count). The Bertz CT molecular complexity index is 813. The van der Waals surface area contributed by atoms with E-state index < -0.39 is 0 Å². The molecule has 5 nitrogen and oxygen atoms in total. The number of amides is 1. The first-order chi connectivity index (χ1) is 12.7. The molecule has 2 aromatic rings. The van der Waals surface area contributed by atoms with Gasteiger partial charge in [0, 0.05) is 30.6 Å². The van der Waals surface area contributed by atoms with Crippen molar-refractivity contribution >= 4 is 5.91 Å². The first kappa shape index (κ1) is 17.8. The summed E-state index contributed by atoms with van der Waals surface area (Å²) < 4.78 is 11.1. The highest BCUT2D eigenvalue weighted by atomic mass is 16.5. The molecule has 134 valence electrons. The van der Waals surface area contributed by atoms with Gasteiger partial charge in [0.1, 0.15) is 11.5 Å². The molecule has 1 heterocycles. The Labute approximate surface area is 153 Å². The van der Waals surface area contributed by atoms with Gasteiger partial charge >= 0.3 is 0 Å². The standard InChI is InChI=1S/C21H22N2O3/c1-25-19-8-3-9-20(12-19)26-15-17-6-4-10-23(14-17)21(24)18-7-2-5-16(11-18)13-22/h2-3,5,7-9,11-12,17H,4,6,10,14-15H2,1H3/t17-/m1/s1. The van der Waals surface area contributed by atoms with Crippen molar-refractivity contribution < 1.29 is 14.3 Å². The monoisotopic (exact) mass is 350 g/mol. The first-order valence-electron chi connectivity index (χ1n) is 8.76. The van der Waals surface area contributed by atoms with Crippen molar-refractivity contribution in [1.29, 1.82) is 5.26 Å². The van der Waals surface area contributed by atoms with E-state index in [0.717, 1.165) is 30.9 Å². The molecule has 0 aromatic heterocycles. The summed E-state index contributed by atoms with van der Waals surface area (Å²) in [5.41, 5.74) is 1.07. The first-order valence-corrected chi connectivity index (χ1v) is 8.76. The Morgan fingerprint density at radius 3 is 2.85 bits per heavy atom. The van der Waals surface area contributed by atoms with Crippen molar-refractivity contribution in [3.05, 3.63) is 59.7 Å². The third-order valence-electron chi connectivity index (χ3n) is 4.57. The van der Waals surface area contributed by atoms with Gasteiger partial charge in [-0.25, -0.2) is 0 Å². The van der Waals surface area contributed by atoms with E-state index in [4.69, 9.17) is 14.7 Å². The van der Waals surface area contributed by atoms with Crippen LogP contribution in [-0.4, -0.2) is 37.6 Å². The lowest BCUT2D eigenvalue weighted by molar-refractivity contribution is 0.0633. The third kappa shape index (κ3) is 4.34. The molecule has 0 unspecified atom stereocenters.